The zero-order valence-electron chi connectivity index (χ0n) is 11.3. The van der Waals surface area contributed by atoms with E-state index in [2.05, 4.69) is 10.3 Å². The molecular weight excluding hydrogens is 248 g/mol. The molecule has 2 aromatic carbocycles. The second-order valence-corrected chi connectivity index (χ2v) is 4.55. The Labute approximate surface area is 118 Å². The molecule has 20 heavy (non-hydrogen) atoms. The van der Waals surface area contributed by atoms with Gasteiger partial charge in [0.05, 0.1) is 6.54 Å². The number of aromatic nitrogens is 1. The molecule has 0 unspecified atom stereocenters. The summed E-state index contributed by atoms with van der Waals surface area (Å²) in [5, 5.41) is 3.07. The van der Waals surface area contributed by atoms with Crippen LogP contribution in [0.25, 0.3) is 22.6 Å². The van der Waals surface area contributed by atoms with E-state index in [1.165, 1.54) is 0 Å². The van der Waals surface area contributed by atoms with Crippen molar-refractivity contribution in [3.63, 3.8) is 0 Å². The largest absolute Gasteiger partial charge is 0.439 e. The van der Waals surface area contributed by atoms with Crippen molar-refractivity contribution in [1.29, 1.82) is 0 Å². The molecule has 0 aliphatic carbocycles. The first kappa shape index (κ1) is 12.6. The van der Waals surface area contributed by atoms with Crippen LogP contribution in [-0.2, 0) is 6.54 Å². The second kappa shape index (κ2) is 5.72. The molecule has 3 aromatic rings. The molecule has 3 heteroatoms. The maximum Gasteiger partial charge on any atom is 0.209 e. The van der Waals surface area contributed by atoms with Gasteiger partial charge in [0, 0.05) is 11.1 Å². The van der Waals surface area contributed by atoms with Gasteiger partial charge in [-0.25, -0.2) is 4.98 Å². The Hall–Kier alpha value is -2.39. The topological polar surface area (TPSA) is 38.1 Å². The van der Waals surface area contributed by atoms with Crippen LogP contribution in [-0.4, -0.2) is 12.0 Å². The van der Waals surface area contributed by atoms with Crippen LogP contribution in [0, 0.1) is 0 Å². The van der Waals surface area contributed by atoms with Gasteiger partial charge in [0.25, 0.3) is 0 Å². The average Bonchev–Trinajstić information content (AvgIpc) is 2.93. The highest BCUT2D eigenvalue weighted by molar-refractivity contribution is 5.76. The minimum Gasteiger partial charge on any atom is -0.439 e. The van der Waals surface area contributed by atoms with Crippen molar-refractivity contribution in [3.05, 3.63) is 66.6 Å². The Balaban J connectivity index is 2.13. The van der Waals surface area contributed by atoms with Crippen LogP contribution in [0.4, 0.5) is 0 Å². The number of oxazole rings is 1. The fourth-order valence-electron chi connectivity index (χ4n) is 2.17. The third kappa shape index (κ3) is 2.49. The van der Waals surface area contributed by atoms with E-state index >= 15 is 0 Å². The maximum atomic E-state index is 5.92. The molecule has 0 radical (unpaired) electrons. The predicted molar refractivity (Wildman–Crippen MR) is 80.1 cm³/mol. The van der Waals surface area contributed by atoms with E-state index in [0.717, 1.165) is 22.6 Å². The molecule has 0 atom stereocenters. The van der Waals surface area contributed by atoms with E-state index in [4.69, 9.17) is 4.42 Å². The van der Waals surface area contributed by atoms with Crippen molar-refractivity contribution in [2.75, 3.05) is 7.05 Å². The Morgan fingerprint density at radius 3 is 2.10 bits per heavy atom. The summed E-state index contributed by atoms with van der Waals surface area (Å²) in [5.41, 5.74) is 3.00. The monoisotopic (exact) mass is 264 g/mol. The maximum absolute atomic E-state index is 5.92. The summed E-state index contributed by atoms with van der Waals surface area (Å²) in [6.07, 6.45) is 0. The molecule has 0 saturated carbocycles. The van der Waals surface area contributed by atoms with E-state index in [0.29, 0.717) is 12.4 Å². The standard InChI is InChI=1S/C17H16N2O/c1-18-12-15-19-16(13-8-4-2-5-9-13)17(20-15)14-10-6-3-7-11-14/h2-11,18H,12H2,1H3. The van der Waals surface area contributed by atoms with E-state index in [1.54, 1.807) is 0 Å². The van der Waals surface area contributed by atoms with Crippen molar-refractivity contribution < 1.29 is 4.42 Å². The molecule has 0 amide bonds. The van der Waals surface area contributed by atoms with Crippen molar-refractivity contribution in [2.24, 2.45) is 0 Å². The summed E-state index contributed by atoms with van der Waals surface area (Å²) in [6, 6.07) is 20.2. The second-order valence-electron chi connectivity index (χ2n) is 4.55. The van der Waals surface area contributed by atoms with Crippen molar-refractivity contribution in [2.45, 2.75) is 6.54 Å². The number of nitrogens with zero attached hydrogens (tertiary/aromatic N) is 1. The summed E-state index contributed by atoms with van der Waals surface area (Å²) in [5.74, 6) is 1.52. The third-order valence-electron chi connectivity index (χ3n) is 3.08. The third-order valence-corrected chi connectivity index (χ3v) is 3.08. The van der Waals surface area contributed by atoms with Crippen LogP contribution in [0.1, 0.15) is 5.89 Å². The molecule has 0 aliphatic heterocycles. The van der Waals surface area contributed by atoms with Crippen LogP contribution in [0.5, 0.6) is 0 Å². The van der Waals surface area contributed by atoms with Gasteiger partial charge >= 0.3 is 0 Å². The molecule has 0 aliphatic rings. The van der Waals surface area contributed by atoms with Gasteiger partial charge in [-0.1, -0.05) is 60.7 Å². The van der Waals surface area contributed by atoms with Gasteiger partial charge in [-0.3, -0.25) is 0 Å². The number of nitrogens with one attached hydrogen (secondary N) is 1. The lowest BCUT2D eigenvalue weighted by Crippen LogP contribution is -2.04. The molecule has 100 valence electrons. The molecule has 1 N–H and O–H groups in total. The molecule has 0 saturated heterocycles. The van der Waals surface area contributed by atoms with Crippen LogP contribution in [0.2, 0.25) is 0 Å². The first-order valence-electron chi connectivity index (χ1n) is 6.63. The van der Waals surface area contributed by atoms with Crippen LogP contribution >= 0.6 is 0 Å². The van der Waals surface area contributed by atoms with Gasteiger partial charge in [-0.15, -0.1) is 0 Å². The number of hydrogen-bond donors (Lipinski definition) is 1. The Morgan fingerprint density at radius 2 is 1.50 bits per heavy atom. The minimum absolute atomic E-state index is 0.618. The summed E-state index contributed by atoms with van der Waals surface area (Å²) < 4.78 is 5.92. The van der Waals surface area contributed by atoms with Crippen molar-refractivity contribution in [1.82, 2.24) is 10.3 Å². The van der Waals surface area contributed by atoms with Crippen LogP contribution in [0.15, 0.2) is 65.1 Å². The summed E-state index contributed by atoms with van der Waals surface area (Å²) in [6.45, 7) is 0.618. The summed E-state index contributed by atoms with van der Waals surface area (Å²) >= 11 is 0. The van der Waals surface area contributed by atoms with Crippen LogP contribution in [0.3, 0.4) is 0 Å². The van der Waals surface area contributed by atoms with Gasteiger partial charge in [0.1, 0.15) is 5.69 Å². The lowest BCUT2D eigenvalue weighted by molar-refractivity contribution is 0.491. The number of hydrogen-bond acceptors (Lipinski definition) is 3. The minimum atomic E-state index is 0.618. The number of rotatable bonds is 4. The molecule has 1 heterocycles. The van der Waals surface area contributed by atoms with Gasteiger partial charge in [-0.2, -0.15) is 0 Å². The van der Waals surface area contributed by atoms with Crippen molar-refractivity contribution in [3.8, 4) is 22.6 Å². The van der Waals surface area contributed by atoms with Gasteiger partial charge in [-0.05, 0) is 7.05 Å². The summed E-state index contributed by atoms with van der Waals surface area (Å²) in [7, 11) is 1.88. The van der Waals surface area contributed by atoms with E-state index in [9.17, 15) is 0 Å². The molecule has 3 rings (SSSR count). The smallest absolute Gasteiger partial charge is 0.209 e. The fourth-order valence-corrected chi connectivity index (χ4v) is 2.17. The SMILES string of the molecule is CNCc1nc(-c2ccccc2)c(-c2ccccc2)o1. The van der Waals surface area contributed by atoms with Crippen molar-refractivity contribution >= 4 is 0 Å². The molecular formula is C17H16N2O. The first-order valence-corrected chi connectivity index (χ1v) is 6.63. The highest BCUT2D eigenvalue weighted by atomic mass is 16.4. The molecule has 0 bridgehead atoms. The molecule has 3 nitrogen and oxygen atoms in total. The normalized spacial score (nSPS) is 10.7. The van der Waals surface area contributed by atoms with E-state index in [-0.39, 0.29) is 0 Å². The van der Waals surface area contributed by atoms with E-state index in [1.807, 2.05) is 67.7 Å². The highest BCUT2D eigenvalue weighted by Gasteiger charge is 2.15. The Morgan fingerprint density at radius 1 is 0.900 bits per heavy atom. The average molecular weight is 264 g/mol. The van der Waals surface area contributed by atoms with Gasteiger partial charge in [0.2, 0.25) is 5.89 Å². The van der Waals surface area contributed by atoms with Crippen LogP contribution < -0.4 is 5.32 Å². The molecule has 1 aromatic heterocycles. The lowest BCUT2D eigenvalue weighted by Gasteiger charge is -2.00. The lowest BCUT2D eigenvalue weighted by atomic mass is 10.1. The molecule has 0 fully saturated rings. The predicted octanol–water partition coefficient (Wildman–Crippen LogP) is 3.73. The Bertz CT molecular complexity index is 618. The quantitative estimate of drug-likeness (QED) is 0.780. The van der Waals surface area contributed by atoms with Gasteiger partial charge in [0.15, 0.2) is 5.76 Å². The zero-order chi connectivity index (χ0) is 13.8. The van der Waals surface area contributed by atoms with E-state index < -0.39 is 0 Å². The summed E-state index contributed by atoms with van der Waals surface area (Å²) in [4.78, 5) is 4.62. The number of benzene rings is 2. The van der Waals surface area contributed by atoms with Gasteiger partial charge < -0.3 is 9.73 Å². The Kier molecular flexibility index (Phi) is 3.61. The fraction of sp³-hybridized carbons (Fsp3) is 0.118. The molecule has 0 spiro atoms. The highest BCUT2D eigenvalue weighted by Crippen LogP contribution is 2.32. The first-order chi connectivity index (χ1) is 9.88. The zero-order valence-corrected chi connectivity index (χ0v) is 11.3.